The van der Waals surface area contributed by atoms with Crippen molar-refractivity contribution >= 4 is 5.82 Å². The SMILES string of the molecule is CCCc1c([N+](=O)[O-])nnn1CCC. The van der Waals surface area contributed by atoms with E-state index in [1.54, 1.807) is 4.68 Å². The molecule has 0 aliphatic rings. The van der Waals surface area contributed by atoms with E-state index < -0.39 is 4.92 Å². The van der Waals surface area contributed by atoms with Crippen molar-refractivity contribution in [1.29, 1.82) is 0 Å². The molecular weight excluding hydrogens is 184 g/mol. The highest BCUT2D eigenvalue weighted by Crippen LogP contribution is 2.16. The first-order chi connectivity index (χ1) is 6.70. The van der Waals surface area contributed by atoms with Crippen LogP contribution in [0, 0.1) is 10.1 Å². The van der Waals surface area contributed by atoms with Crippen LogP contribution in [-0.4, -0.2) is 19.9 Å². The van der Waals surface area contributed by atoms with Gasteiger partial charge in [-0.05, 0) is 17.8 Å². The van der Waals surface area contributed by atoms with Crippen molar-refractivity contribution in [3.63, 3.8) is 0 Å². The van der Waals surface area contributed by atoms with E-state index in [0.717, 1.165) is 12.8 Å². The topological polar surface area (TPSA) is 73.8 Å². The normalized spacial score (nSPS) is 10.4. The molecule has 0 amide bonds. The lowest BCUT2D eigenvalue weighted by Crippen LogP contribution is -2.05. The number of aromatic nitrogens is 3. The highest BCUT2D eigenvalue weighted by Gasteiger charge is 2.21. The summed E-state index contributed by atoms with van der Waals surface area (Å²) in [6, 6.07) is 0. The van der Waals surface area contributed by atoms with Gasteiger partial charge in [-0.3, -0.25) is 0 Å². The maximum absolute atomic E-state index is 10.6. The maximum atomic E-state index is 10.6. The van der Waals surface area contributed by atoms with E-state index in [1.165, 1.54) is 0 Å². The molecule has 0 radical (unpaired) electrons. The van der Waals surface area contributed by atoms with Crippen molar-refractivity contribution in [2.75, 3.05) is 0 Å². The van der Waals surface area contributed by atoms with Crippen molar-refractivity contribution in [1.82, 2.24) is 15.0 Å². The predicted octanol–water partition coefficient (Wildman–Crippen LogP) is 1.55. The average molecular weight is 198 g/mol. The highest BCUT2D eigenvalue weighted by atomic mass is 16.6. The van der Waals surface area contributed by atoms with Gasteiger partial charge in [-0.1, -0.05) is 20.3 Å². The monoisotopic (exact) mass is 198 g/mol. The molecule has 0 saturated carbocycles. The van der Waals surface area contributed by atoms with Gasteiger partial charge in [0, 0.05) is 6.54 Å². The first-order valence-electron chi connectivity index (χ1n) is 4.77. The fourth-order valence-electron chi connectivity index (χ4n) is 1.33. The van der Waals surface area contributed by atoms with Crippen LogP contribution in [0.15, 0.2) is 0 Å². The molecule has 1 heterocycles. The first kappa shape index (κ1) is 10.6. The van der Waals surface area contributed by atoms with Crippen LogP contribution in [0.2, 0.25) is 0 Å². The summed E-state index contributed by atoms with van der Waals surface area (Å²) < 4.78 is 1.63. The molecule has 6 heteroatoms. The maximum Gasteiger partial charge on any atom is 0.413 e. The number of hydrogen-bond donors (Lipinski definition) is 0. The highest BCUT2D eigenvalue weighted by molar-refractivity contribution is 5.24. The fourth-order valence-corrected chi connectivity index (χ4v) is 1.33. The number of nitrogens with zero attached hydrogens (tertiary/aromatic N) is 4. The van der Waals surface area contributed by atoms with Crippen LogP contribution in [0.3, 0.4) is 0 Å². The molecule has 1 aromatic heterocycles. The summed E-state index contributed by atoms with van der Waals surface area (Å²) in [5.41, 5.74) is 0.638. The van der Waals surface area contributed by atoms with Crippen LogP contribution < -0.4 is 0 Å². The van der Waals surface area contributed by atoms with Crippen LogP contribution in [-0.2, 0) is 13.0 Å². The van der Waals surface area contributed by atoms with Crippen molar-refractivity contribution in [2.45, 2.75) is 39.7 Å². The molecule has 0 unspecified atom stereocenters. The summed E-state index contributed by atoms with van der Waals surface area (Å²) in [7, 11) is 0. The number of aryl methyl sites for hydroxylation is 1. The molecule has 78 valence electrons. The lowest BCUT2D eigenvalue weighted by Gasteiger charge is -2.00. The third kappa shape index (κ3) is 2.07. The van der Waals surface area contributed by atoms with E-state index in [1.807, 2.05) is 13.8 Å². The van der Waals surface area contributed by atoms with Crippen LogP contribution in [0.25, 0.3) is 0 Å². The summed E-state index contributed by atoms with van der Waals surface area (Å²) in [6.45, 7) is 4.67. The van der Waals surface area contributed by atoms with Crippen molar-refractivity contribution in [3.05, 3.63) is 15.8 Å². The van der Waals surface area contributed by atoms with Gasteiger partial charge in [0.1, 0.15) is 10.8 Å². The molecule has 0 aromatic carbocycles. The van der Waals surface area contributed by atoms with E-state index in [2.05, 4.69) is 10.3 Å². The molecule has 0 aliphatic heterocycles. The van der Waals surface area contributed by atoms with Crippen molar-refractivity contribution in [2.24, 2.45) is 0 Å². The molecule has 1 rings (SSSR count). The molecular formula is C8H14N4O2. The largest absolute Gasteiger partial charge is 0.413 e. The zero-order valence-corrected chi connectivity index (χ0v) is 8.43. The van der Waals surface area contributed by atoms with Crippen LogP contribution in [0.5, 0.6) is 0 Å². The number of rotatable bonds is 5. The Morgan fingerprint density at radius 3 is 2.64 bits per heavy atom. The molecule has 14 heavy (non-hydrogen) atoms. The average Bonchev–Trinajstić information content (AvgIpc) is 2.50. The molecule has 0 saturated heterocycles. The van der Waals surface area contributed by atoms with Crippen molar-refractivity contribution in [3.8, 4) is 0 Å². The van der Waals surface area contributed by atoms with E-state index in [4.69, 9.17) is 0 Å². The van der Waals surface area contributed by atoms with Crippen LogP contribution in [0.1, 0.15) is 32.4 Å². The lowest BCUT2D eigenvalue weighted by atomic mass is 10.2. The zero-order valence-electron chi connectivity index (χ0n) is 8.43. The van der Waals surface area contributed by atoms with Gasteiger partial charge in [0.2, 0.25) is 0 Å². The van der Waals surface area contributed by atoms with Gasteiger partial charge in [-0.15, -0.1) is 0 Å². The molecule has 0 bridgehead atoms. The third-order valence-corrected chi connectivity index (χ3v) is 1.91. The molecule has 0 spiro atoms. The second kappa shape index (κ2) is 4.69. The van der Waals surface area contributed by atoms with Crippen LogP contribution >= 0.6 is 0 Å². The van der Waals surface area contributed by atoms with E-state index in [-0.39, 0.29) is 5.82 Å². The van der Waals surface area contributed by atoms with Crippen LogP contribution in [0.4, 0.5) is 5.82 Å². The Bertz CT molecular complexity index is 321. The zero-order chi connectivity index (χ0) is 10.6. The molecule has 0 aliphatic carbocycles. The smallest absolute Gasteiger partial charge is 0.358 e. The Morgan fingerprint density at radius 1 is 1.43 bits per heavy atom. The van der Waals surface area contributed by atoms with E-state index in [9.17, 15) is 10.1 Å². The van der Waals surface area contributed by atoms with Gasteiger partial charge in [-0.2, -0.15) is 0 Å². The minimum atomic E-state index is -0.468. The molecule has 0 atom stereocenters. The standard InChI is InChI=1S/C8H14N4O2/c1-3-5-7-8(12(13)14)9-10-11(7)6-4-2/h3-6H2,1-2H3. The molecule has 1 aromatic rings. The summed E-state index contributed by atoms with van der Waals surface area (Å²) in [5.74, 6) is -0.0969. The summed E-state index contributed by atoms with van der Waals surface area (Å²) in [4.78, 5) is 10.1. The Kier molecular flexibility index (Phi) is 3.55. The lowest BCUT2D eigenvalue weighted by molar-refractivity contribution is -0.390. The molecule has 0 N–H and O–H groups in total. The van der Waals surface area contributed by atoms with Gasteiger partial charge >= 0.3 is 5.82 Å². The third-order valence-electron chi connectivity index (χ3n) is 1.91. The number of hydrogen-bond acceptors (Lipinski definition) is 4. The van der Waals surface area contributed by atoms with Gasteiger partial charge in [0.15, 0.2) is 0 Å². The Balaban J connectivity index is 3.00. The second-order valence-electron chi connectivity index (χ2n) is 3.09. The van der Waals surface area contributed by atoms with Gasteiger partial charge < -0.3 is 10.1 Å². The second-order valence-corrected chi connectivity index (χ2v) is 3.09. The minimum absolute atomic E-state index is 0.0969. The Labute approximate surface area is 82.1 Å². The Hall–Kier alpha value is -1.46. The quantitative estimate of drug-likeness (QED) is 0.531. The summed E-state index contributed by atoms with van der Waals surface area (Å²) >= 11 is 0. The first-order valence-corrected chi connectivity index (χ1v) is 4.77. The molecule has 6 nitrogen and oxygen atoms in total. The van der Waals surface area contributed by atoms with E-state index >= 15 is 0 Å². The number of nitro groups is 1. The Morgan fingerprint density at radius 2 is 2.14 bits per heavy atom. The molecule has 0 fully saturated rings. The fraction of sp³-hybridized carbons (Fsp3) is 0.750. The van der Waals surface area contributed by atoms with E-state index in [0.29, 0.717) is 18.7 Å². The van der Waals surface area contributed by atoms with Gasteiger partial charge in [0.05, 0.1) is 5.21 Å². The summed E-state index contributed by atoms with van der Waals surface area (Å²) in [6.07, 6.45) is 2.42. The predicted molar refractivity (Wildman–Crippen MR) is 51.0 cm³/mol. The van der Waals surface area contributed by atoms with Gasteiger partial charge in [0.25, 0.3) is 0 Å². The summed E-state index contributed by atoms with van der Waals surface area (Å²) in [5, 5.41) is 17.9. The van der Waals surface area contributed by atoms with Gasteiger partial charge in [-0.25, -0.2) is 4.68 Å². The van der Waals surface area contributed by atoms with Crippen molar-refractivity contribution < 1.29 is 4.92 Å². The minimum Gasteiger partial charge on any atom is -0.358 e.